The van der Waals surface area contributed by atoms with E-state index < -0.39 is 11.7 Å². The first-order valence-electron chi connectivity index (χ1n) is 5.05. The third kappa shape index (κ3) is 4.39. The lowest BCUT2D eigenvalue weighted by Crippen LogP contribution is -2.20. The van der Waals surface area contributed by atoms with E-state index in [4.69, 9.17) is 18.0 Å². The number of thioether (sulfide) groups is 1. The van der Waals surface area contributed by atoms with Crippen LogP contribution in [-0.2, 0) is 11.0 Å². The van der Waals surface area contributed by atoms with Crippen LogP contribution in [0.15, 0.2) is 18.2 Å². The zero-order valence-electron chi connectivity index (χ0n) is 9.88. The van der Waals surface area contributed by atoms with Gasteiger partial charge < -0.3 is 11.1 Å². The Kier molecular flexibility index (Phi) is 5.19. The summed E-state index contributed by atoms with van der Waals surface area (Å²) in [6, 6.07) is 2.85. The summed E-state index contributed by atoms with van der Waals surface area (Å²) in [4.78, 5) is 11.2. The Morgan fingerprint density at radius 1 is 1.47 bits per heavy atom. The molecule has 0 atom stereocenters. The third-order valence-corrected chi connectivity index (χ3v) is 2.93. The Morgan fingerprint density at radius 3 is 2.58 bits per heavy atom. The van der Waals surface area contributed by atoms with Crippen molar-refractivity contribution < 1.29 is 18.0 Å². The van der Waals surface area contributed by atoms with Gasteiger partial charge in [0.1, 0.15) is 4.99 Å². The summed E-state index contributed by atoms with van der Waals surface area (Å²) in [5.41, 5.74) is 4.70. The summed E-state index contributed by atoms with van der Waals surface area (Å²) in [5.74, 6) is -0.137. The molecule has 1 aromatic carbocycles. The van der Waals surface area contributed by atoms with Crippen LogP contribution in [0.2, 0.25) is 0 Å². The monoisotopic (exact) mass is 308 g/mol. The van der Waals surface area contributed by atoms with Crippen LogP contribution in [0.1, 0.15) is 11.1 Å². The molecule has 0 unspecified atom stereocenters. The molecular formula is C11H11F3N2OS2. The van der Waals surface area contributed by atoms with Crippen molar-refractivity contribution in [2.45, 2.75) is 6.18 Å². The number of hydrogen-bond acceptors (Lipinski definition) is 3. The van der Waals surface area contributed by atoms with Gasteiger partial charge in [0.05, 0.1) is 17.0 Å². The van der Waals surface area contributed by atoms with Gasteiger partial charge in [0, 0.05) is 5.56 Å². The molecule has 0 radical (unpaired) electrons. The molecule has 0 spiro atoms. The van der Waals surface area contributed by atoms with Crippen molar-refractivity contribution in [3.05, 3.63) is 29.3 Å². The van der Waals surface area contributed by atoms with Crippen molar-refractivity contribution in [1.29, 1.82) is 0 Å². The van der Waals surface area contributed by atoms with Gasteiger partial charge in [0.25, 0.3) is 0 Å². The Balaban J connectivity index is 3.12. The van der Waals surface area contributed by atoms with Gasteiger partial charge in [-0.05, 0) is 24.5 Å². The lowest BCUT2D eigenvalue weighted by molar-refractivity contribution is -0.137. The maximum atomic E-state index is 12.6. The summed E-state index contributed by atoms with van der Waals surface area (Å²) in [7, 11) is 0. The van der Waals surface area contributed by atoms with Gasteiger partial charge in [0.2, 0.25) is 5.91 Å². The number of nitrogens with two attached hydrogens (primary N) is 1. The van der Waals surface area contributed by atoms with Crippen molar-refractivity contribution in [3.8, 4) is 0 Å². The molecular weight excluding hydrogens is 297 g/mol. The van der Waals surface area contributed by atoms with E-state index in [0.717, 1.165) is 18.2 Å². The number of hydrogen-bond donors (Lipinski definition) is 2. The standard InChI is InChI=1S/C11H11F3N2OS2/c1-19-5-9(17)16-8-3-2-6(11(12,13)14)4-7(8)10(15)18/h2-4H,5H2,1H3,(H2,15,18)(H,16,17). The van der Waals surface area contributed by atoms with Crippen LogP contribution in [0.4, 0.5) is 18.9 Å². The first-order valence-corrected chi connectivity index (χ1v) is 6.85. The molecule has 0 saturated heterocycles. The smallest absolute Gasteiger partial charge is 0.389 e. The van der Waals surface area contributed by atoms with E-state index in [1.165, 1.54) is 11.8 Å². The minimum absolute atomic E-state index is 0.000668. The van der Waals surface area contributed by atoms with Crippen molar-refractivity contribution in [2.75, 3.05) is 17.3 Å². The van der Waals surface area contributed by atoms with Gasteiger partial charge in [-0.1, -0.05) is 12.2 Å². The number of carbonyl (C=O) groups is 1. The van der Waals surface area contributed by atoms with Gasteiger partial charge in [-0.3, -0.25) is 4.79 Å². The van der Waals surface area contributed by atoms with E-state index in [1.807, 2.05) is 0 Å². The van der Waals surface area contributed by atoms with Crippen molar-refractivity contribution in [1.82, 2.24) is 0 Å². The summed E-state index contributed by atoms with van der Waals surface area (Å²) in [6.07, 6.45) is -2.75. The Morgan fingerprint density at radius 2 is 2.11 bits per heavy atom. The maximum Gasteiger partial charge on any atom is 0.416 e. The molecule has 0 aromatic heterocycles. The van der Waals surface area contributed by atoms with Crippen LogP contribution >= 0.6 is 24.0 Å². The molecule has 1 aromatic rings. The van der Waals surface area contributed by atoms with Gasteiger partial charge in [-0.2, -0.15) is 24.9 Å². The van der Waals surface area contributed by atoms with Gasteiger partial charge in [-0.25, -0.2) is 0 Å². The van der Waals surface area contributed by atoms with E-state index >= 15 is 0 Å². The fraction of sp³-hybridized carbons (Fsp3) is 0.273. The molecule has 0 aliphatic heterocycles. The van der Waals surface area contributed by atoms with Crippen molar-refractivity contribution >= 4 is 40.6 Å². The summed E-state index contributed by atoms with van der Waals surface area (Å²) in [6.45, 7) is 0. The third-order valence-electron chi connectivity index (χ3n) is 2.16. The van der Waals surface area contributed by atoms with Crippen LogP contribution in [0, 0.1) is 0 Å². The fourth-order valence-electron chi connectivity index (χ4n) is 1.35. The van der Waals surface area contributed by atoms with E-state index in [0.29, 0.717) is 0 Å². The lowest BCUT2D eigenvalue weighted by atomic mass is 10.1. The first-order chi connectivity index (χ1) is 8.75. The van der Waals surface area contributed by atoms with Crippen LogP contribution in [0.5, 0.6) is 0 Å². The number of anilines is 1. The predicted octanol–water partition coefficient (Wildman–Crippen LogP) is 2.64. The fourth-order valence-corrected chi connectivity index (χ4v) is 1.85. The number of alkyl halides is 3. The van der Waals surface area contributed by atoms with Gasteiger partial charge in [-0.15, -0.1) is 0 Å². The minimum atomic E-state index is -4.48. The van der Waals surface area contributed by atoms with Crippen LogP contribution in [-0.4, -0.2) is 22.9 Å². The summed E-state index contributed by atoms with van der Waals surface area (Å²) >= 11 is 6.00. The van der Waals surface area contributed by atoms with Gasteiger partial charge in [0.15, 0.2) is 0 Å². The highest BCUT2D eigenvalue weighted by molar-refractivity contribution is 7.99. The lowest BCUT2D eigenvalue weighted by Gasteiger charge is -2.13. The number of benzene rings is 1. The summed E-state index contributed by atoms with van der Waals surface area (Å²) in [5, 5.41) is 2.48. The highest BCUT2D eigenvalue weighted by Crippen LogP contribution is 2.31. The average Bonchev–Trinajstić information content (AvgIpc) is 2.27. The largest absolute Gasteiger partial charge is 0.416 e. The van der Waals surface area contributed by atoms with Gasteiger partial charge >= 0.3 is 6.18 Å². The number of thiocarbonyl (C=S) groups is 1. The van der Waals surface area contributed by atoms with Crippen LogP contribution < -0.4 is 11.1 Å². The average molecular weight is 308 g/mol. The molecule has 3 nitrogen and oxygen atoms in total. The second-order valence-corrected chi connectivity index (χ2v) is 4.91. The molecule has 104 valence electrons. The quantitative estimate of drug-likeness (QED) is 0.840. The highest BCUT2D eigenvalue weighted by atomic mass is 32.2. The molecule has 0 aliphatic carbocycles. The molecule has 3 N–H and O–H groups in total. The maximum absolute atomic E-state index is 12.6. The second kappa shape index (κ2) is 6.25. The van der Waals surface area contributed by atoms with E-state index in [1.54, 1.807) is 6.26 Å². The number of halogens is 3. The highest BCUT2D eigenvalue weighted by Gasteiger charge is 2.31. The molecule has 0 fully saturated rings. The molecule has 0 bridgehead atoms. The predicted molar refractivity (Wildman–Crippen MR) is 74.3 cm³/mol. The minimum Gasteiger partial charge on any atom is -0.389 e. The Labute approximate surface area is 117 Å². The van der Waals surface area contributed by atoms with Crippen LogP contribution in [0.3, 0.4) is 0 Å². The van der Waals surface area contributed by atoms with E-state index in [2.05, 4.69) is 5.32 Å². The SMILES string of the molecule is CSCC(=O)Nc1ccc(C(F)(F)F)cc1C(N)=S. The molecule has 0 heterocycles. The van der Waals surface area contributed by atoms with Crippen LogP contribution in [0.25, 0.3) is 0 Å². The summed E-state index contributed by atoms with van der Waals surface area (Å²) < 4.78 is 37.7. The number of amides is 1. The zero-order chi connectivity index (χ0) is 14.6. The second-order valence-electron chi connectivity index (χ2n) is 3.60. The Bertz CT molecular complexity index is 503. The molecule has 1 amide bonds. The molecule has 1 rings (SSSR count). The molecule has 19 heavy (non-hydrogen) atoms. The van der Waals surface area contributed by atoms with E-state index in [-0.39, 0.29) is 27.9 Å². The van der Waals surface area contributed by atoms with Crippen molar-refractivity contribution in [2.24, 2.45) is 5.73 Å². The normalized spacial score (nSPS) is 11.2. The topological polar surface area (TPSA) is 55.1 Å². The zero-order valence-corrected chi connectivity index (χ0v) is 11.5. The Hall–Kier alpha value is -1.28. The number of rotatable bonds is 4. The number of nitrogens with one attached hydrogen (secondary N) is 1. The molecule has 0 aliphatic rings. The molecule has 8 heteroatoms. The number of carbonyl (C=O) groups excluding carboxylic acids is 1. The molecule has 0 saturated carbocycles. The first kappa shape index (κ1) is 15.8. The van der Waals surface area contributed by atoms with Crippen molar-refractivity contribution in [3.63, 3.8) is 0 Å². The van der Waals surface area contributed by atoms with E-state index in [9.17, 15) is 18.0 Å².